The summed E-state index contributed by atoms with van der Waals surface area (Å²) in [7, 11) is 0. The molecule has 1 aromatic rings. The molecule has 5 nitrogen and oxygen atoms in total. The zero-order valence-corrected chi connectivity index (χ0v) is 12.6. The molecule has 5 heteroatoms. The van der Waals surface area contributed by atoms with E-state index in [0.717, 1.165) is 31.4 Å². The van der Waals surface area contributed by atoms with E-state index in [-0.39, 0.29) is 11.6 Å². The molecular weight excluding hydrogens is 240 g/mol. The van der Waals surface area contributed by atoms with Crippen molar-refractivity contribution in [2.45, 2.75) is 65.1 Å². The van der Waals surface area contributed by atoms with Gasteiger partial charge in [0.05, 0.1) is 17.8 Å². The smallest absolute Gasteiger partial charge is 0.0884 e. The van der Waals surface area contributed by atoms with Crippen molar-refractivity contribution >= 4 is 0 Å². The van der Waals surface area contributed by atoms with Crippen LogP contribution < -0.4 is 11.3 Å². The fraction of sp³-hybridized carbons (Fsp3) is 0.786. The zero-order valence-electron chi connectivity index (χ0n) is 12.6. The van der Waals surface area contributed by atoms with Crippen molar-refractivity contribution in [2.75, 3.05) is 6.61 Å². The minimum Gasteiger partial charge on any atom is -0.373 e. The highest BCUT2D eigenvalue weighted by molar-refractivity contribution is 5.16. The molecule has 0 aliphatic carbocycles. The summed E-state index contributed by atoms with van der Waals surface area (Å²) < 4.78 is 7.99. The van der Waals surface area contributed by atoms with E-state index in [2.05, 4.69) is 37.5 Å². The molecule has 110 valence electrons. The van der Waals surface area contributed by atoms with Crippen molar-refractivity contribution in [2.24, 2.45) is 5.84 Å². The van der Waals surface area contributed by atoms with Crippen LogP contribution in [0.25, 0.3) is 0 Å². The van der Waals surface area contributed by atoms with Crippen LogP contribution in [0.2, 0.25) is 0 Å². The third-order valence-corrected chi connectivity index (χ3v) is 3.76. The number of hydrazine groups is 1. The van der Waals surface area contributed by atoms with Gasteiger partial charge in [-0.15, -0.1) is 0 Å². The summed E-state index contributed by atoms with van der Waals surface area (Å²) in [5.74, 6) is 5.79. The van der Waals surface area contributed by atoms with Gasteiger partial charge in [-0.1, -0.05) is 20.8 Å². The number of rotatable bonds is 9. The van der Waals surface area contributed by atoms with Crippen LogP contribution in [0.3, 0.4) is 0 Å². The van der Waals surface area contributed by atoms with Crippen LogP contribution in [0.5, 0.6) is 0 Å². The van der Waals surface area contributed by atoms with Gasteiger partial charge in [0.1, 0.15) is 0 Å². The molecule has 0 aliphatic heterocycles. The molecule has 1 rings (SSSR count). The van der Waals surface area contributed by atoms with Crippen molar-refractivity contribution in [3.05, 3.63) is 18.0 Å². The van der Waals surface area contributed by atoms with E-state index in [1.807, 2.05) is 17.8 Å². The molecule has 0 radical (unpaired) electrons. The Hall–Kier alpha value is -0.910. The Morgan fingerprint density at radius 1 is 1.37 bits per heavy atom. The van der Waals surface area contributed by atoms with Gasteiger partial charge in [-0.05, 0) is 26.2 Å². The van der Waals surface area contributed by atoms with E-state index in [1.165, 1.54) is 0 Å². The third-order valence-electron chi connectivity index (χ3n) is 3.76. The lowest BCUT2D eigenvalue weighted by Gasteiger charge is -2.38. The van der Waals surface area contributed by atoms with Gasteiger partial charge < -0.3 is 4.74 Å². The van der Waals surface area contributed by atoms with Crippen LogP contribution in [-0.4, -0.2) is 22.0 Å². The predicted octanol–water partition coefficient (Wildman–Crippen LogP) is 2.39. The van der Waals surface area contributed by atoms with Gasteiger partial charge in [0.2, 0.25) is 0 Å². The molecule has 1 atom stereocenters. The van der Waals surface area contributed by atoms with Gasteiger partial charge in [0.15, 0.2) is 0 Å². The van der Waals surface area contributed by atoms with Crippen LogP contribution in [0.4, 0.5) is 0 Å². The van der Waals surface area contributed by atoms with Crippen LogP contribution >= 0.6 is 0 Å². The molecule has 0 aliphatic rings. The van der Waals surface area contributed by atoms with Gasteiger partial charge in [0, 0.05) is 24.9 Å². The Morgan fingerprint density at radius 3 is 2.53 bits per heavy atom. The van der Waals surface area contributed by atoms with Crippen LogP contribution in [0.15, 0.2) is 12.4 Å². The molecule has 0 bridgehead atoms. The van der Waals surface area contributed by atoms with E-state index in [4.69, 9.17) is 10.6 Å². The number of aryl methyl sites for hydroxylation is 1. The molecule has 3 N–H and O–H groups in total. The maximum Gasteiger partial charge on any atom is 0.0884 e. The molecule has 1 unspecified atom stereocenters. The maximum absolute atomic E-state index is 6.03. The standard InChI is InChI=1S/C14H28N4O/c1-5-9-18-11-12(10-16-18)13(17-15)14(6-2,7-3)19-8-4/h10-11,13,17H,5-9,15H2,1-4H3. The largest absolute Gasteiger partial charge is 0.373 e. The van der Waals surface area contributed by atoms with Crippen molar-refractivity contribution in [3.8, 4) is 0 Å². The first kappa shape index (κ1) is 16.1. The third kappa shape index (κ3) is 3.55. The van der Waals surface area contributed by atoms with Crippen LogP contribution in [0, 0.1) is 0 Å². The number of ether oxygens (including phenoxy) is 1. The van der Waals surface area contributed by atoms with Gasteiger partial charge in [-0.2, -0.15) is 5.10 Å². The minimum atomic E-state index is -0.274. The summed E-state index contributed by atoms with van der Waals surface area (Å²) in [6, 6.07) is -0.0342. The van der Waals surface area contributed by atoms with Crippen molar-refractivity contribution < 1.29 is 4.74 Å². The molecule has 0 aromatic carbocycles. The predicted molar refractivity (Wildman–Crippen MR) is 77.5 cm³/mol. The minimum absolute atomic E-state index is 0.0342. The Labute approximate surface area is 116 Å². The second-order valence-corrected chi connectivity index (χ2v) is 4.84. The number of nitrogens with zero attached hydrogens (tertiary/aromatic N) is 2. The number of aromatic nitrogens is 2. The number of hydrogen-bond acceptors (Lipinski definition) is 4. The average molecular weight is 268 g/mol. The van der Waals surface area contributed by atoms with E-state index in [0.29, 0.717) is 6.61 Å². The monoisotopic (exact) mass is 268 g/mol. The Morgan fingerprint density at radius 2 is 2.05 bits per heavy atom. The lowest BCUT2D eigenvalue weighted by atomic mass is 9.85. The van der Waals surface area contributed by atoms with Crippen molar-refractivity contribution in [1.82, 2.24) is 15.2 Å². The quantitative estimate of drug-likeness (QED) is 0.533. The van der Waals surface area contributed by atoms with Crippen molar-refractivity contribution in [1.29, 1.82) is 0 Å². The lowest BCUT2D eigenvalue weighted by molar-refractivity contribution is -0.0734. The highest BCUT2D eigenvalue weighted by Crippen LogP contribution is 2.34. The summed E-state index contributed by atoms with van der Waals surface area (Å²) >= 11 is 0. The lowest BCUT2D eigenvalue weighted by Crippen LogP contribution is -2.47. The Kier molecular flexibility index (Phi) is 6.48. The topological polar surface area (TPSA) is 65.1 Å². The SMILES string of the molecule is CCCn1cc(C(NN)C(CC)(CC)OCC)cn1. The molecule has 0 spiro atoms. The molecule has 0 saturated heterocycles. The molecule has 0 amide bonds. The van der Waals surface area contributed by atoms with Crippen molar-refractivity contribution in [3.63, 3.8) is 0 Å². The summed E-state index contributed by atoms with van der Waals surface area (Å²) in [6.07, 6.45) is 6.84. The Bertz CT molecular complexity index is 360. The van der Waals surface area contributed by atoms with E-state index >= 15 is 0 Å². The summed E-state index contributed by atoms with van der Waals surface area (Å²) in [6.45, 7) is 10.1. The second kappa shape index (κ2) is 7.62. The summed E-state index contributed by atoms with van der Waals surface area (Å²) in [5.41, 5.74) is 3.74. The highest BCUT2D eigenvalue weighted by atomic mass is 16.5. The van der Waals surface area contributed by atoms with Gasteiger partial charge in [0.25, 0.3) is 0 Å². The van der Waals surface area contributed by atoms with E-state index < -0.39 is 0 Å². The molecule has 1 heterocycles. The normalized spacial score (nSPS) is 13.7. The number of nitrogens with two attached hydrogens (primary N) is 1. The Balaban J connectivity index is 3.01. The second-order valence-electron chi connectivity index (χ2n) is 4.84. The fourth-order valence-corrected chi connectivity index (χ4v) is 2.67. The van der Waals surface area contributed by atoms with E-state index in [1.54, 1.807) is 0 Å². The molecule has 0 saturated carbocycles. The van der Waals surface area contributed by atoms with Crippen LogP contribution in [0.1, 0.15) is 58.6 Å². The zero-order chi connectivity index (χ0) is 14.3. The summed E-state index contributed by atoms with van der Waals surface area (Å²) in [4.78, 5) is 0. The van der Waals surface area contributed by atoms with Gasteiger partial charge in [-0.25, -0.2) is 5.43 Å². The van der Waals surface area contributed by atoms with E-state index in [9.17, 15) is 0 Å². The maximum atomic E-state index is 6.03. The van der Waals surface area contributed by atoms with Crippen LogP contribution in [-0.2, 0) is 11.3 Å². The molecular formula is C14H28N4O. The van der Waals surface area contributed by atoms with Gasteiger partial charge >= 0.3 is 0 Å². The first-order chi connectivity index (χ1) is 9.17. The molecule has 19 heavy (non-hydrogen) atoms. The average Bonchev–Trinajstić information content (AvgIpc) is 2.87. The molecule has 0 fully saturated rings. The highest BCUT2D eigenvalue weighted by Gasteiger charge is 2.37. The first-order valence-corrected chi connectivity index (χ1v) is 7.29. The molecule has 1 aromatic heterocycles. The fourth-order valence-electron chi connectivity index (χ4n) is 2.67. The number of nitrogens with one attached hydrogen (secondary N) is 1. The van der Waals surface area contributed by atoms with Gasteiger partial charge in [-0.3, -0.25) is 10.5 Å². The first-order valence-electron chi connectivity index (χ1n) is 7.29. The summed E-state index contributed by atoms with van der Waals surface area (Å²) in [5, 5.41) is 4.38. The number of hydrogen-bond donors (Lipinski definition) is 2.